The van der Waals surface area contributed by atoms with Gasteiger partial charge in [0.15, 0.2) is 0 Å². The van der Waals surface area contributed by atoms with Gasteiger partial charge in [-0.15, -0.1) is 12.4 Å². The van der Waals surface area contributed by atoms with Crippen molar-refractivity contribution in [3.8, 4) is 0 Å². The molecule has 0 aromatic heterocycles. The van der Waals surface area contributed by atoms with Crippen LogP contribution in [0, 0.1) is 11.8 Å². The van der Waals surface area contributed by atoms with E-state index in [1.165, 1.54) is 12.8 Å². The minimum absolute atomic E-state index is 0. The van der Waals surface area contributed by atoms with Crippen molar-refractivity contribution in [1.29, 1.82) is 0 Å². The maximum Gasteiger partial charge on any atom is 0.251 e. The number of benzene rings is 1. The van der Waals surface area contributed by atoms with Gasteiger partial charge >= 0.3 is 0 Å². The van der Waals surface area contributed by atoms with Crippen molar-refractivity contribution in [3.63, 3.8) is 0 Å². The quantitative estimate of drug-likeness (QED) is 0.733. The van der Waals surface area contributed by atoms with Gasteiger partial charge in [0.25, 0.3) is 5.91 Å². The summed E-state index contributed by atoms with van der Waals surface area (Å²) >= 11 is 0. The molecule has 0 radical (unpaired) electrons. The molecule has 5 nitrogen and oxygen atoms in total. The Hall–Kier alpha value is -1.59. The first-order valence-corrected chi connectivity index (χ1v) is 8.38. The third kappa shape index (κ3) is 6.13. The lowest BCUT2D eigenvalue weighted by Gasteiger charge is -2.28. The van der Waals surface area contributed by atoms with Crippen molar-refractivity contribution >= 4 is 24.2 Å². The molecule has 0 bridgehead atoms. The zero-order chi connectivity index (χ0) is 16.7. The van der Waals surface area contributed by atoms with Crippen LogP contribution in [-0.2, 0) is 11.3 Å². The first kappa shape index (κ1) is 20.5. The van der Waals surface area contributed by atoms with Gasteiger partial charge < -0.3 is 16.0 Å². The lowest BCUT2D eigenvalue weighted by atomic mass is 9.85. The number of hydrogen-bond donors (Lipinski definition) is 3. The molecule has 1 aromatic carbocycles. The first-order valence-electron chi connectivity index (χ1n) is 8.38. The SMILES string of the molecule is CNC(=O)c1ccc(CNC(=O)CC(C)C2CCCNC2)cc1.Cl. The van der Waals surface area contributed by atoms with E-state index in [0.717, 1.165) is 18.7 Å². The van der Waals surface area contributed by atoms with Crippen molar-refractivity contribution < 1.29 is 9.59 Å². The molecule has 6 heteroatoms. The molecular formula is C18H28ClN3O2. The second-order valence-electron chi connectivity index (χ2n) is 6.34. The Bertz CT molecular complexity index is 528. The normalized spacial score (nSPS) is 18.2. The largest absolute Gasteiger partial charge is 0.355 e. The third-order valence-electron chi connectivity index (χ3n) is 4.58. The second kappa shape index (κ2) is 10.3. The number of halogens is 1. The highest BCUT2D eigenvalue weighted by atomic mass is 35.5. The average molecular weight is 354 g/mol. The smallest absolute Gasteiger partial charge is 0.251 e. The Kier molecular flexibility index (Phi) is 8.79. The van der Waals surface area contributed by atoms with E-state index < -0.39 is 0 Å². The number of rotatable bonds is 6. The van der Waals surface area contributed by atoms with E-state index in [1.807, 2.05) is 12.1 Å². The van der Waals surface area contributed by atoms with Crippen molar-refractivity contribution in [2.24, 2.45) is 11.8 Å². The maximum atomic E-state index is 12.1. The molecule has 0 aliphatic carbocycles. The van der Waals surface area contributed by atoms with Crippen LogP contribution in [0.2, 0.25) is 0 Å². The summed E-state index contributed by atoms with van der Waals surface area (Å²) < 4.78 is 0. The summed E-state index contributed by atoms with van der Waals surface area (Å²) in [6.07, 6.45) is 2.99. The van der Waals surface area contributed by atoms with Gasteiger partial charge in [0.05, 0.1) is 0 Å². The van der Waals surface area contributed by atoms with Gasteiger partial charge in [-0.2, -0.15) is 0 Å². The van der Waals surface area contributed by atoms with Crippen LogP contribution in [0.3, 0.4) is 0 Å². The number of carbonyl (C=O) groups excluding carboxylic acids is 2. The Morgan fingerprint density at radius 2 is 2.00 bits per heavy atom. The number of carbonyl (C=O) groups is 2. The van der Waals surface area contributed by atoms with E-state index in [9.17, 15) is 9.59 Å². The van der Waals surface area contributed by atoms with Crippen molar-refractivity contribution in [1.82, 2.24) is 16.0 Å². The Morgan fingerprint density at radius 1 is 1.29 bits per heavy atom. The molecule has 1 aromatic rings. The van der Waals surface area contributed by atoms with Gasteiger partial charge in [-0.1, -0.05) is 19.1 Å². The van der Waals surface area contributed by atoms with E-state index in [-0.39, 0.29) is 24.2 Å². The summed E-state index contributed by atoms with van der Waals surface area (Å²) in [5.74, 6) is 0.994. The van der Waals surface area contributed by atoms with E-state index in [2.05, 4.69) is 22.9 Å². The summed E-state index contributed by atoms with van der Waals surface area (Å²) in [6, 6.07) is 7.30. The van der Waals surface area contributed by atoms with Crippen LogP contribution < -0.4 is 16.0 Å². The van der Waals surface area contributed by atoms with Gasteiger partial charge in [-0.05, 0) is 55.5 Å². The minimum atomic E-state index is -0.101. The Labute approximate surface area is 150 Å². The molecule has 2 amide bonds. The molecule has 1 heterocycles. The molecule has 2 atom stereocenters. The fourth-order valence-corrected chi connectivity index (χ4v) is 3.01. The lowest BCUT2D eigenvalue weighted by Crippen LogP contribution is -2.35. The Morgan fingerprint density at radius 3 is 2.58 bits per heavy atom. The zero-order valence-corrected chi connectivity index (χ0v) is 15.2. The minimum Gasteiger partial charge on any atom is -0.355 e. The highest BCUT2D eigenvalue weighted by Crippen LogP contribution is 2.22. The van der Waals surface area contributed by atoms with Crippen LogP contribution >= 0.6 is 12.4 Å². The van der Waals surface area contributed by atoms with E-state index in [4.69, 9.17) is 0 Å². The molecule has 1 saturated heterocycles. The van der Waals surface area contributed by atoms with Gasteiger partial charge in [0.1, 0.15) is 0 Å². The van der Waals surface area contributed by atoms with Crippen molar-refractivity contribution in [2.75, 3.05) is 20.1 Å². The van der Waals surface area contributed by atoms with E-state index >= 15 is 0 Å². The predicted octanol–water partition coefficient (Wildman–Crippen LogP) is 2.11. The fraction of sp³-hybridized carbons (Fsp3) is 0.556. The molecule has 1 aliphatic rings. The molecule has 2 rings (SSSR count). The van der Waals surface area contributed by atoms with Gasteiger partial charge in [-0.3, -0.25) is 9.59 Å². The summed E-state index contributed by atoms with van der Waals surface area (Å²) in [5.41, 5.74) is 1.62. The van der Waals surface area contributed by atoms with Crippen LogP contribution in [0.5, 0.6) is 0 Å². The average Bonchev–Trinajstić information content (AvgIpc) is 2.60. The summed E-state index contributed by atoms with van der Waals surface area (Å²) in [5, 5.41) is 8.96. The van der Waals surface area contributed by atoms with Gasteiger partial charge in [0.2, 0.25) is 5.91 Å². The van der Waals surface area contributed by atoms with E-state index in [1.54, 1.807) is 19.2 Å². The fourth-order valence-electron chi connectivity index (χ4n) is 3.01. The zero-order valence-electron chi connectivity index (χ0n) is 14.4. The van der Waals surface area contributed by atoms with Crippen molar-refractivity contribution in [2.45, 2.75) is 32.7 Å². The molecule has 1 aliphatic heterocycles. The highest BCUT2D eigenvalue weighted by Gasteiger charge is 2.21. The number of hydrogen-bond acceptors (Lipinski definition) is 3. The molecular weight excluding hydrogens is 326 g/mol. The van der Waals surface area contributed by atoms with Crippen LogP contribution in [0.15, 0.2) is 24.3 Å². The molecule has 0 saturated carbocycles. The second-order valence-corrected chi connectivity index (χ2v) is 6.34. The summed E-state index contributed by atoms with van der Waals surface area (Å²) in [4.78, 5) is 23.6. The van der Waals surface area contributed by atoms with Crippen LogP contribution in [-0.4, -0.2) is 32.0 Å². The summed E-state index contributed by atoms with van der Waals surface area (Å²) in [7, 11) is 1.61. The number of nitrogens with one attached hydrogen (secondary N) is 3. The molecule has 3 N–H and O–H groups in total. The molecule has 2 unspecified atom stereocenters. The topological polar surface area (TPSA) is 70.2 Å². The highest BCUT2D eigenvalue weighted by molar-refractivity contribution is 5.93. The molecule has 1 fully saturated rings. The van der Waals surface area contributed by atoms with Crippen LogP contribution in [0.25, 0.3) is 0 Å². The number of amides is 2. The molecule has 24 heavy (non-hydrogen) atoms. The van der Waals surface area contributed by atoms with Crippen LogP contribution in [0.1, 0.15) is 42.1 Å². The van der Waals surface area contributed by atoms with E-state index in [0.29, 0.717) is 30.4 Å². The Balaban J connectivity index is 0.00000288. The first-order chi connectivity index (χ1) is 11.1. The molecule has 0 spiro atoms. The third-order valence-corrected chi connectivity index (χ3v) is 4.58. The maximum absolute atomic E-state index is 12.1. The van der Waals surface area contributed by atoms with Crippen LogP contribution in [0.4, 0.5) is 0 Å². The number of piperidine rings is 1. The van der Waals surface area contributed by atoms with Gasteiger partial charge in [-0.25, -0.2) is 0 Å². The lowest BCUT2D eigenvalue weighted by molar-refractivity contribution is -0.122. The summed E-state index contributed by atoms with van der Waals surface area (Å²) in [6.45, 7) is 4.79. The van der Waals surface area contributed by atoms with Gasteiger partial charge in [0, 0.05) is 25.6 Å². The standard InChI is InChI=1S/C18H27N3O2.ClH/c1-13(16-4-3-9-20-12-16)10-17(22)21-11-14-5-7-15(8-6-14)18(23)19-2;/h5-8,13,16,20H,3-4,9-12H2,1-2H3,(H,19,23)(H,21,22);1H. The van der Waals surface area contributed by atoms with Crippen molar-refractivity contribution in [3.05, 3.63) is 35.4 Å². The monoisotopic (exact) mass is 353 g/mol. The molecule has 134 valence electrons. The predicted molar refractivity (Wildman–Crippen MR) is 98.3 cm³/mol.